The van der Waals surface area contributed by atoms with Gasteiger partial charge >= 0.3 is 12.1 Å². The smallest absolute Gasteiger partial charge is 0.409 e. The van der Waals surface area contributed by atoms with Gasteiger partial charge in [0.05, 0.1) is 24.7 Å². The first-order valence-electron chi connectivity index (χ1n) is 12.4. The summed E-state index contributed by atoms with van der Waals surface area (Å²) < 4.78 is 35.5. The van der Waals surface area contributed by atoms with E-state index in [-0.39, 0.29) is 18.0 Å². The third-order valence-corrected chi connectivity index (χ3v) is 7.58. The Kier molecular flexibility index (Phi) is 6.64. The van der Waals surface area contributed by atoms with Crippen molar-refractivity contribution in [1.29, 1.82) is 0 Å². The molecule has 0 saturated heterocycles. The number of imidazole rings is 1. The summed E-state index contributed by atoms with van der Waals surface area (Å²) in [5, 5.41) is 10.0. The van der Waals surface area contributed by atoms with Crippen molar-refractivity contribution in [3.63, 3.8) is 0 Å². The minimum absolute atomic E-state index is 0.0719. The fourth-order valence-corrected chi connectivity index (χ4v) is 5.67. The molecule has 1 saturated carbocycles. The van der Waals surface area contributed by atoms with Gasteiger partial charge in [-0.25, -0.2) is 18.6 Å². The molecule has 2 aromatic carbocycles. The average Bonchev–Trinajstić information content (AvgIpc) is 3.27. The van der Waals surface area contributed by atoms with Gasteiger partial charge in [-0.2, -0.15) is 0 Å². The standard InChI is InChI=1S/C27H29F2N3O4/c1-36-27(35)31-13-12-16-10-11-22-24(19(16)14-31)30-25(17-6-3-2-4-7-17)32(22)15-20(26(33)34)18-8-5-9-21(28)23(18)29/h5,8-11,17,20H,2-4,6-7,12-15H2,1H3,(H,33,34)/t20-/m0/s1. The molecule has 1 amide bonds. The molecule has 0 unspecified atom stereocenters. The van der Waals surface area contributed by atoms with Crippen molar-refractivity contribution in [3.05, 3.63) is 64.5 Å². The van der Waals surface area contributed by atoms with Crippen molar-refractivity contribution < 1.29 is 28.2 Å². The van der Waals surface area contributed by atoms with Crippen molar-refractivity contribution in [2.24, 2.45) is 0 Å². The lowest BCUT2D eigenvalue weighted by atomic mass is 9.88. The summed E-state index contributed by atoms with van der Waals surface area (Å²) >= 11 is 0. The zero-order chi connectivity index (χ0) is 25.4. The molecule has 7 nitrogen and oxygen atoms in total. The van der Waals surface area contributed by atoms with Crippen LogP contribution >= 0.6 is 0 Å². The molecule has 1 fully saturated rings. The molecule has 2 aliphatic rings. The van der Waals surface area contributed by atoms with E-state index in [4.69, 9.17) is 9.72 Å². The Morgan fingerprint density at radius 1 is 1.17 bits per heavy atom. The van der Waals surface area contributed by atoms with Gasteiger partial charge < -0.3 is 19.3 Å². The third-order valence-electron chi connectivity index (χ3n) is 7.58. The van der Waals surface area contributed by atoms with E-state index in [2.05, 4.69) is 0 Å². The molecule has 0 bridgehead atoms. The van der Waals surface area contributed by atoms with Crippen molar-refractivity contribution in [2.45, 2.75) is 63.5 Å². The van der Waals surface area contributed by atoms with Gasteiger partial charge in [0.15, 0.2) is 11.6 Å². The predicted octanol–water partition coefficient (Wildman–Crippen LogP) is 5.36. The molecular formula is C27H29F2N3O4. The molecule has 9 heteroatoms. The Morgan fingerprint density at radius 3 is 2.67 bits per heavy atom. The summed E-state index contributed by atoms with van der Waals surface area (Å²) in [5.74, 6) is -3.81. The summed E-state index contributed by atoms with van der Waals surface area (Å²) in [6.45, 7) is 0.820. The van der Waals surface area contributed by atoms with Crippen LogP contribution in [0.2, 0.25) is 0 Å². The van der Waals surface area contributed by atoms with Gasteiger partial charge in [-0.05, 0) is 37.0 Å². The lowest BCUT2D eigenvalue weighted by molar-refractivity contribution is -0.139. The molecule has 5 rings (SSSR count). The molecule has 1 N–H and O–H groups in total. The Labute approximate surface area is 207 Å². The van der Waals surface area contributed by atoms with Crippen molar-refractivity contribution in [1.82, 2.24) is 14.5 Å². The molecular weight excluding hydrogens is 468 g/mol. The molecule has 0 radical (unpaired) electrons. The van der Waals surface area contributed by atoms with E-state index in [1.165, 1.54) is 19.2 Å². The zero-order valence-corrected chi connectivity index (χ0v) is 20.2. The van der Waals surface area contributed by atoms with Gasteiger partial charge in [0.25, 0.3) is 0 Å². The van der Waals surface area contributed by atoms with Crippen molar-refractivity contribution >= 4 is 23.1 Å². The number of rotatable bonds is 5. The summed E-state index contributed by atoms with van der Waals surface area (Å²) in [6, 6.07) is 7.56. The van der Waals surface area contributed by atoms with E-state index in [1.807, 2.05) is 16.7 Å². The molecule has 3 aromatic rings. The van der Waals surface area contributed by atoms with Crippen LogP contribution in [0.25, 0.3) is 11.0 Å². The number of aromatic nitrogens is 2. The number of carboxylic acids is 1. The first-order valence-corrected chi connectivity index (χ1v) is 12.4. The number of carbonyl (C=O) groups is 2. The number of nitrogens with zero attached hydrogens (tertiary/aromatic N) is 3. The number of halogens is 2. The predicted molar refractivity (Wildman–Crippen MR) is 129 cm³/mol. The number of aliphatic carboxylic acids is 1. The van der Waals surface area contributed by atoms with Gasteiger partial charge in [0.2, 0.25) is 0 Å². The van der Waals surface area contributed by atoms with E-state index in [0.717, 1.165) is 66.2 Å². The maximum Gasteiger partial charge on any atom is 0.409 e. The van der Waals surface area contributed by atoms with Crippen LogP contribution in [0.3, 0.4) is 0 Å². The second kappa shape index (κ2) is 9.87. The zero-order valence-electron chi connectivity index (χ0n) is 20.2. The van der Waals surface area contributed by atoms with E-state index < -0.39 is 29.6 Å². The number of methoxy groups -OCH3 is 1. The van der Waals surface area contributed by atoms with Crippen LogP contribution in [0.15, 0.2) is 30.3 Å². The van der Waals surface area contributed by atoms with E-state index >= 15 is 0 Å². The summed E-state index contributed by atoms with van der Waals surface area (Å²) in [4.78, 5) is 31.2. The molecule has 0 spiro atoms. The highest BCUT2D eigenvalue weighted by molar-refractivity contribution is 5.83. The minimum Gasteiger partial charge on any atom is -0.481 e. The first-order chi connectivity index (χ1) is 17.4. The number of hydrogen-bond donors (Lipinski definition) is 1. The highest BCUT2D eigenvalue weighted by atomic mass is 19.2. The van der Waals surface area contributed by atoms with Gasteiger partial charge in [0, 0.05) is 30.1 Å². The van der Waals surface area contributed by atoms with Crippen LogP contribution in [0, 0.1) is 11.6 Å². The van der Waals surface area contributed by atoms with Crippen LogP contribution in [0.4, 0.5) is 13.6 Å². The number of carbonyl (C=O) groups excluding carboxylic acids is 1. The molecule has 1 aromatic heterocycles. The monoisotopic (exact) mass is 497 g/mol. The van der Waals surface area contributed by atoms with Gasteiger partial charge in [-0.15, -0.1) is 0 Å². The second-order valence-electron chi connectivity index (χ2n) is 9.66. The first kappa shape index (κ1) is 24.2. The Hall–Kier alpha value is -3.49. The highest BCUT2D eigenvalue weighted by Gasteiger charge is 2.31. The second-order valence-corrected chi connectivity index (χ2v) is 9.66. The van der Waals surface area contributed by atoms with Crippen molar-refractivity contribution in [3.8, 4) is 0 Å². The van der Waals surface area contributed by atoms with Crippen LogP contribution in [0.5, 0.6) is 0 Å². The number of ether oxygens (including phenoxy) is 1. The molecule has 1 aliphatic carbocycles. The van der Waals surface area contributed by atoms with Crippen LogP contribution in [0.1, 0.15) is 66.5 Å². The minimum atomic E-state index is -1.29. The summed E-state index contributed by atoms with van der Waals surface area (Å²) in [7, 11) is 1.35. The number of fused-ring (bicyclic) bond motifs is 3. The number of hydrogen-bond acceptors (Lipinski definition) is 4. The van der Waals surface area contributed by atoms with Gasteiger partial charge in [-0.3, -0.25) is 4.79 Å². The Morgan fingerprint density at radius 2 is 1.94 bits per heavy atom. The average molecular weight is 498 g/mol. The summed E-state index contributed by atoms with van der Waals surface area (Å²) in [6.07, 6.45) is 5.39. The number of benzene rings is 2. The Bertz CT molecular complexity index is 1320. The number of amides is 1. The third kappa shape index (κ3) is 4.31. The van der Waals surface area contributed by atoms with E-state index in [1.54, 1.807) is 4.90 Å². The maximum atomic E-state index is 14.7. The molecule has 1 atom stereocenters. The molecule has 190 valence electrons. The maximum absolute atomic E-state index is 14.7. The van der Waals surface area contributed by atoms with Crippen molar-refractivity contribution in [2.75, 3.05) is 13.7 Å². The normalized spacial score (nSPS) is 17.1. The van der Waals surface area contributed by atoms with Gasteiger partial charge in [-0.1, -0.05) is 37.5 Å². The lowest BCUT2D eigenvalue weighted by Crippen LogP contribution is -2.35. The fourth-order valence-electron chi connectivity index (χ4n) is 5.67. The lowest BCUT2D eigenvalue weighted by Gasteiger charge is -2.27. The van der Waals surface area contributed by atoms with E-state index in [0.29, 0.717) is 19.5 Å². The highest BCUT2D eigenvalue weighted by Crippen LogP contribution is 2.37. The SMILES string of the molecule is COC(=O)N1CCc2ccc3c(nc(C4CCCCC4)n3C[C@H](C(=O)O)c3cccc(F)c3F)c2C1. The van der Waals surface area contributed by atoms with Crippen LogP contribution in [-0.4, -0.2) is 45.3 Å². The fraction of sp³-hybridized carbons (Fsp3) is 0.444. The van der Waals surface area contributed by atoms with E-state index in [9.17, 15) is 23.5 Å². The van der Waals surface area contributed by atoms with Crippen LogP contribution < -0.4 is 0 Å². The van der Waals surface area contributed by atoms with Gasteiger partial charge in [0.1, 0.15) is 11.7 Å². The largest absolute Gasteiger partial charge is 0.481 e. The molecule has 1 aliphatic heterocycles. The molecule has 2 heterocycles. The quantitative estimate of drug-likeness (QED) is 0.513. The summed E-state index contributed by atoms with van der Waals surface area (Å²) in [5.41, 5.74) is 3.29. The molecule has 36 heavy (non-hydrogen) atoms. The number of carboxylic acid groups (broad SMARTS) is 1. The Balaban J connectivity index is 1.64. The topological polar surface area (TPSA) is 84.7 Å². The van der Waals surface area contributed by atoms with Crippen LogP contribution in [-0.2, 0) is 29.0 Å².